The van der Waals surface area contributed by atoms with Gasteiger partial charge in [0.2, 0.25) is 0 Å². The molecule has 2 rings (SSSR count). The lowest BCUT2D eigenvalue weighted by atomic mass is 10.0. The molecule has 0 saturated heterocycles. The molecule has 1 heterocycles. The molecule has 19 heavy (non-hydrogen) atoms. The second kappa shape index (κ2) is 6.26. The average Bonchev–Trinajstić information content (AvgIpc) is 2.41. The van der Waals surface area contributed by atoms with Crippen LogP contribution in [0.2, 0.25) is 5.02 Å². The zero-order valence-corrected chi connectivity index (χ0v) is 12.7. The first-order valence-corrected chi connectivity index (χ1v) is 7.13. The molecule has 0 aliphatic carbocycles. The summed E-state index contributed by atoms with van der Waals surface area (Å²) in [6, 6.07) is 7.09. The molecule has 1 aromatic heterocycles. The van der Waals surface area contributed by atoms with Crippen LogP contribution in [0.3, 0.4) is 0 Å². The van der Waals surface area contributed by atoms with E-state index in [1.54, 1.807) is 24.5 Å². The number of hydrogen-bond donors (Lipinski definition) is 2. The zero-order chi connectivity index (χ0) is 13.8. The van der Waals surface area contributed by atoms with Crippen molar-refractivity contribution >= 4 is 33.2 Å². The number of rotatable bonds is 4. The Kier molecular flexibility index (Phi) is 4.66. The van der Waals surface area contributed by atoms with Crippen LogP contribution in [0.25, 0.3) is 0 Å². The third-order valence-corrected chi connectivity index (χ3v) is 3.69. The Hall–Kier alpha value is -1.26. The van der Waals surface area contributed by atoms with Crippen LogP contribution in [0, 0.1) is 0 Å². The number of phenols is 1. The Balaban J connectivity index is 2.30. The summed E-state index contributed by atoms with van der Waals surface area (Å²) in [6.07, 6.45) is 4.14. The quantitative estimate of drug-likeness (QED) is 0.842. The van der Waals surface area contributed by atoms with Gasteiger partial charge in [0, 0.05) is 16.2 Å². The van der Waals surface area contributed by atoms with Crippen molar-refractivity contribution in [3.63, 3.8) is 0 Å². The number of nitrogens with one attached hydrogen (secondary N) is 1. The summed E-state index contributed by atoms with van der Waals surface area (Å²) in [5.74, 6) is 0.266. The Morgan fingerprint density at radius 2 is 2.21 bits per heavy atom. The van der Waals surface area contributed by atoms with E-state index in [-0.39, 0.29) is 11.8 Å². The molecule has 0 fully saturated rings. The number of halogens is 2. The fraction of sp³-hybridized carbons (Fsp3) is 0.214. The van der Waals surface area contributed by atoms with Gasteiger partial charge in [0.15, 0.2) is 0 Å². The summed E-state index contributed by atoms with van der Waals surface area (Å²) in [5, 5.41) is 13.9. The number of pyridine rings is 1. The summed E-state index contributed by atoms with van der Waals surface area (Å²) in [7, 11) is 0. The van der Waals surface area contributed by atoms with E-state index in [0.29, 0.717) is 5.02 Å². The second-order valence-electron chi connectivity index (χ2n) is 4.16. The van der Waals surface area contributed by atoms with Crippen molar-refractivity contribution in [2.24, 2.45) is 0 Å². The van der Waals surface area contributed by atoms with Gasteiger partial charge in [0.05, 0.1) is 22.9 Å². The van der Waals surface area contributed by atoms with E-state index in [2.05, 4.69) is 26.2 Å². The number of hydrogen-bond acceptors (Lipinski definition) is 3. The highest BCUT2D eigenvalue weighted by Gasteiger charge is 2.15. The van der Waals surface area contributed by atoms with Gasteiger partial charge in [0.1, 0.15) is 5.75 Å². The van der Waals surface area contributed by atoms with Crippen molar-refractivity contribution in [2.45, 2.75) is 19.4 Å². The van der Waals surface area contributed by atoms with Crippen molar-refractivity contribution in [1.82, 2.24) is 4.98 Å². The maximum Gasteiger partial charge on any atom is 0.120 e. The second-order valence-corrected chi connectivity index (χ2v) is 5.49. The van der Waals surface area contributed by atoms with Gasteiger partial charge in [-0.05, 0) is 30.7 Å². The van der Waals surface area contributed by atoms with Gasteiger partial charge < -0.3 is 10.4 Å². The largest absolute Gasteiger partial charge is 0.508 e. The normalized spacial score (nSPS) is 12.2. The fourth-order valence-corrected chi connectivity index (χ4v) is 2.41. The number of nitrogens with zero attached hydrogens (tertiary/aromatic N) is 1. The summed E-state index contributed by atoms with van der Waals surface area (Å²) in [6.45, 7) is 2.04. The lowest BCUT2D eigenvalue weighted by Crippen LogP contribution is -2.10. The summed E-state index contributed by atoms with van der Waals surface area (Å²) in [4.78, 5) is 4.05. The van der Waals surface area contributed by atoms with Crippen LogP contribution < -0.4 is 5.32 Å². The van der Waals surface area contributed by atoms with E-state index in [1.807, 2.05) is 19.1 Å². The van der Waals surface area contributed by atoms with Crippen LogP contribution in [0.5, 0.6) is 5.75 Å². The molecule has 0 spiro atoms. The smallest absolute Gasteiger partial charge is 0.120 e. The molecule has 0 amide bonds. The standard InChI is InChI=1S/C14H14BrClN2O/c1-2-12(10-7-9(15)3-4-14(10)19)18-13-8-17-6-5-11(13)16/h3-8,12,18-19H,2H2,1H3. The lowest BCUT2D eigenvalue weighted by molar-refractivity contribution is 0.462. The van der Waals surface area contributed by atoms with E-state index < -0.39 is 0 Å². The molecule has 0 saturated carbocycles. The van der Waals surface area contributed by atoms with Crippen LogP contribution in [0.15, 0.2) is 41.1 Å². The van der Waals surface area contributed by atoms with Crippen LogP contribution >= 0.6 is 27.5 Å². The molecule has 3 nitrogen and oxygen atoms in total. The molecular weight excluding hydrogens is 328 g/mol. The highest BCUT2D eigenvalue weighted by atomic mass is 79.9. The van der Waals surface area contributed by atoms with Gasteiger partial charge in [-0.1, -0.05) is 34.5 Å². The van der Waals surface area contributed by atoms with E-state index in [1.165, 1.54) is 0 Å². The number of aromatic nitrogens is 1. The minimum atomic E-state index is -0.0285. The molecule has 0 bridgehead atoms. The Morgan fingerprint density at radius 3 is 2.89 bits per heavy atom. The molecule has 5 heteroatoms. The Morgan fingerprint density at radius 1 is 1.42 bits per heavy atom. The van der Waals surface area contributed by atoms with Gasteiger partial charge in [-0.15, -0.1) is 0 Å². The number of anilines is 1. The van der Waals surface area contributed by atoms with Crippen molar-refractivity contribution in [3.05, 3.63) is 51.7 Å². The number of benzene rings is 1. The molecule has 1 aromatic carbocycles. The fourth-order valence-electron chi connectivity index (χ4n) is 1.88. The monoisotopic (exact) mass is 340 g/mol. The molecule has 100 valence electrons. The molecule has 0 aliphatic heterocycles. The van der Waals surface area contributed by atoms with Crippen molar-refractivity contribution in [1.29, 1.82) is 0 Å². The van der Waals surface area contributed by atoms with Gasteiger partial charge in [-0.3, -0.25) is 4.98 Å². The van der Waals surface area contributed by atoms with Crippen LogP contribution in [-0.4, -0.2) is 10.1 Å². The SMILES string of the molecule is CCC(Nc1cnccc1Cl)c1cc(Br)ccc1O. The lowest BCUT2D eigenvalue weighted by Gasteiger charge is -2.20. The van der Waals surface area contributed by atoms with E-state index >= 15 is 0 Å². The third kappa shape index (κ3) is 3.39. The first-order chi connectivity index (χ1) is 9.11. The highest BCUT2D eigenvalue weighted by Crippen LogP contribution is 2.33. The maximum atomic E-state index is 9.97. The van der Waals surface area contributed by atoms with Crippen LogP contribution in [0.1, 0.15) is 24.9 Å². The van der Waals surface area contributed by atoms with Gasteiger partial charge in [-0.2, -0.15) is 0 Å². The summed E-state index contributed by atoms with van der Waals surface area (Å²) < 4.78 is 0.929. The first-order valence-electron chi connectivity index (χ1n) is 5.96. The highest BCUT2D eigenvalue weighted by molar-refractivity contribution is 9.10. The van der Waals surface area contributed by atoms with E-state index in [9.17, 15) is 5.11 Å². The van der Waals surface area contributed by atoms with Crippen molar-refractivity contribution in [3.8, 4) is 5.75 Å². The van der Waals surface area contributed by atoms with Gasteiger partial charge in [-0.25, -0.2) is 0 Å². The molecule has 2 N–H and O–H groups in total. The van der Waals surface area contributed by atoms with Gasteiger partial charge in [0.25, 0.3) is 0 Å². The number of phenolic OH excluding ortho intramolecular Hbond substituents is 1. The molecule has 0 aliphatic rings. The third-order valence-electron chi connectivity index (χ3n) is 2.87. The predicted molar refractivity (Wildman–Crippen MR) is 81.7 cm³/mol. The summed E-state index contributed by atoms with van der Waals surface area (Å²) in [5.41, 5.74) is 1.59. The van der Waals surface area contributed by atoms with E-state index in [4.69, 9.17) is 11.6 Å². The zero-order valence-electron chi connectivity index (χ0n) is 10.4. The maximum absolute atomic E-state index is 9.97. The van der Waals surface area contributed by atoms with Crippen LogP contribution in [-0.2, 0) is 0 Å². The van der Waals surface area contributed by atoms with Crippen molar-refractivity contribution in [2.75, 3.05) is 5.32 Å². The van der Waals surface area contributed by atoms with E-state index in [0.717, 1.165) is 22.1 Å². The Labute approximate surface area is 125 Å². The van der Waals surface area contributed by atoms with Gasteiger partial charge >= 0.3 is 0 Å². The topological polar surface area (TPSA) is 45.2 Å². The average molecular weight is 342 g/mol. The minimum absolute atomic E-state index is 0.0285. The number of aromatic hydroxyl groups is 1. The first kappa shape index (κ1) is 14.2. The molecule has 1 atom stereocenters. The molecular formula is C14H14BrClN2O. The predicted octanol–water partition coefficient (Wildman–Crippen LogP) is 4.77. The molecule has 0 radical (unpaired) electrons. The minimum Gasteiger partial charge on any atom is -0.508 e. The van der Waals surface area contributed by atoms with Crippen molar-refractivity contribution < 1.29 is 5.11 Å². The molecule has 2 aromatic rings. The molecule has 1 unspecified atom stereocenters. The van der Waals surface area contributed by atoms with Crippen LogP contribution in [0.4, 0.5) is 5.69 Å². The summed E-state index contributed by atoms with van der Waals surface area (Å²) >= 11 is 9.53. The Bertz CT molecular complexity index is 577.